The molecule has 0 aliphatic rings. The number of para-hydroxylation sites is 1. The first kappa shape index (κ1) is 14.7. The van der Waals surface area contributed by atoms with Crippen LogP contribution in [0.4, 0.5) is 0 Å². The molecule has 0 heterocycles. The Kier molecular flexibility index (Phi) is 5.20. The predicted molar refractivity (Wildman–Crippen MR) is 80.0 cm³/mol. The van der Waals surface area contributed by atoms with Crippen molar-refractivity contribution < 1.29 is 14.1 Å². The standard InChI is InChI=1S/C12H17IO3P/c1-9(12(14)16-17(2,3)4)15-11-8-6-5-7-10(11)13/h5-9H,1-4H3/q+1/t9-/m1/s1. The molecule has 0 aliphatic carbocycles. The van der Waals surface area contributed by atoms with E-state index in [1.165, 1.54) is 0 Å². The third-order valence-corrected chi connectivity index (χ3v) is 3.46. The fourth-order valence-electron chi connectivity index (χ4n) is 1.12. The number of hydrogen-bond acceptors (Lipinski definition) is 3. The molecule has 0 saturated carbocycles. The lowest BCUT2D eigenvalue weighted by atomic mass is 10.3. The summed E-state index contributed by atoms with van der Waals surface area (Å²) < 4.78 is 11.9. The normalized spacial score (nSPS) is 13.0. The lowest BCUT2D eigenvalue weighted by molar-refractivity contribution is -0.140. The van der Waals surface area contributed by atoms with E-state index < -0.39 is 13.6 Å². The van der Waals surface area contributed by atoms with Gasteiger partial charge in [0.05, 0.1) is 23.6 Å². The van der Waals surface area contributed by atoms with Gasteiger partial charge in [0.2, 0.25) is 0 Å². The summed E-state index contributed by atoms with van der Waals surface area (Å²) in [5, 5.41) is 0. The van der Waals surface area contributed by atoms with E-state index in [-0.39, 0.29) is 5.97 Å². The third kappa shape index (κ3) is 5.21. The van der Waals surface area contributed by atoms with Crippen molar-refractivity contribution in [3.63, 3.8) is 0 Å². The summed E-state index contributed by atoms with van der Waals surface area (Å²) in [5.41, 5.74) is 0. The highest BCUT2D eigenvalue weighted by Gasteiger charge is 2.29. The summed E-state index contributed by atoms with van der Waals surface area (Å²) in [7, 11) is -1.57. The molecule has 0 aromatic heterocycles. The number of halogens is 1. The molecule has 0 radical (unpaired) electrons. The minimum atomic E-state index is -1.57. The van der Waals surface area contributed by atoms with Crippen LogP contribution in [0.25, 0.3) is 0 Å². The fourth-order valence-corrected chi connectivity index (χ4v) is 2.33. The first-order chi connectivity index (χ1) is 7.79. The van der Waals surface area contributed by atoms with E-state index in [9.17, 15) is 4.79 Å². The Labute approximate surface area is 116 Å². The van der Waals surface area contributed by atoms with Gasteiger partial charge in [-0.25, -0.2) is 4.79 Å². The number of ether oxygens (including phenoxy) is 1. The maximum Gasteiger partial charge on any atom is 0.389 e. The lowest BCUT2D eigenvalue weighted by Crippen LogP contribution is -2.26. The maximum atomic E-state index is 11.8. The molecule has 1 aromatic carbocycles. The molecule has 0 aliphatic heterocycles. The molecule has 1 aromatic rings. The first-order valence-corrected chi connectivity index (χ1v) is 9.38. The zero-order chi connectivity index (χ0) is 13.1. The molecule has 5 heteroatoms. The largest absolute Gasteiger partial charge is 0.478 e. The van der Waals surface area contributed by atoms with E-state index in [0.717, 1.165) is 3.57 Å². The molecule has 1 atom stereocenters. The van der Waals surface area contributed by atoms with Crippen LogP contribution in [0.3, 0.4) is 0 Å². The highest BCUT2D eigenvalue weighted by Crippen LogP contribution is 2.48. The van der Waals surface area contributed by atoms with Crippen molar-refractivity contribution in [2.45, 2.75) is 13.0 Å². The number of carbonyl (C=O) groups is 1. The topological polar surface area (TPSA) is 35.5 Å². The van der Waals surface area contributed by atoms with Gasteiger partial charge in [0, 0.05) is 0 Å². The minimum absolute atomic E-state index is 0.300. The zero-order valence-corrected chi connectivity index (χ0v) is 13.5. The van der Waals surface area contributed by atoms with Crippen LogP contribution in [-0.4, -0.2) is 32.1 Å². The van der Waals surface area contributed by atoms with Gasteiger partial charge in [0.1, 0.15) is 5.75 Å². The van der Waals surface area contributed by atoms with Gasteiger partial charge in [0.25, 0.3) is 0 Å². The summed E-state index contributed by atoms with van der Waals surface area (Å²) in [6.45, 7) is 7.55. The van der Waals surface area contributed by atoms with Gasteiger partial charge >= 0.3 is 5.97 Å². The summed E-state index contributed by atoms with van der Waals surface area (Å²) in [6.07, 6.45) is -0.579. The van der Waals surface area contributed by atoms with Crippen molar-refractivity contribution in [3.05, 3.63) is 27.8 Å². The monoisotopic (exact) mass is 367 g/mol. The first-order valence-electron chi connectivity index (χ1n) is 5.25. The Morgan fingerprint density at radius 3 is 2.41 bits per heavy atom. The van der Waals surface area contributed by atoms with Gasteiger partial charge < -0.3 is 9.26 Å². The van der Waals surface area contributed by atoms with Crippen LogP contribution in [0.2, 0.25) is 0 Å². The Hall–Kier alpha value is -0.350. The molecule has 0 saturated heterocycles. The number of benzene rings is 1. The van der Waals surface area contributed by atoms with Crippen molar-refractivity contribution >= 4 is 36.0 Å². The smallest absolute Gasteiger partial charge is 0.389 e. The average Bonchev–Trinajstić information content (AvgIpc) is 2.18. The Morgan fingerprint density at radius 1 is 1.29 bits per heavy atom. The maximum absolute atomic E-state index is 11.8. The average molecular weight is 367 g/mol. The minimum Gasteiger partial charge on any atom is -0.478 e. The van der Waals surface area contributed by atoms with E-state index in [1.54, 1.807) is 6.92 Å². The number of rotatable bonds is 4. The molecule has 0 N–H and O–H groups in total. The molecule has 94 valence electrons. The summed E-state index contributed by atoms with van der Waals surface area (Å²) in [4.78, 5) is 11.8. The van der Waals surface area contributed by atoms with E-state index in [0.29, 0.717) is 5.75 Å². The molecule has 0 bridgehead atoms. The predicted octanol–water partition coefficient (Wildman–Crippen LogP) is 3.42. The van der Waals surface area contributed by atoms with Crippen LogP contribution < -0.4 is 4.74 Å². The van der Waals surface area contributed by atoms with Crippen molar-refractivity contribution in [2.24, 2.45) is 0 Å². The summed E-state index contributed by atoms with van der Waals surface area (Å²) in [6, 6.07) is 7.59. The van der Waals surface area contributed by atoms with E-state index in [1.807, 2.05) is 44.3 Å². The van der Waals surface area contributed by atoms with Crippen molar-refractivity contribution in [3.8, 4) is 5.75 Å². The molecule has 0 fully saturated rings. The van der Waals surface area contributed by atoms with Crippen LogP contribution >= 0.6 is 30.1 Å². The van der Waals surface area contributed by atoms with Crippen molar-refractivity contribution in [1.82, 2.24) is 0 Å². The third-order valence-electron chi connectivity index (χ3n) is 1.84. The summed E-state index contributed by atoms with van der Waals surface area (Å²) in [5.74, 6) is 0.412. The van der Waals surface area contributed by atoms with Gasteiger partial charge in [-0.15, -0.1) is 0 Å². The van der Waals surface area contributed by atoms with Gasteiger partial charge in [-0.1, -0.05) is 12.1 Å². The van der Waals surface area contributed by atoms with E-state index >= 15 is 0 Å². The molecule has 3 nitrogen and oxygen atoms in total. The van der Waals surface area contributed by atoms with Crippen LogP contribution in [0, 0.1) is 3.57 Å². The Bertz CT molecular complexity index is 401. The molecular weight excluding hydrogens is 350 g/mol. The second-order valence-corrected chi connectivity index (χ2v) is 9.61. The number of hydrogen-bond donors (Lipinski definition) is 0. The SMILES string of the molecule is C[C@@H](Oc1ccccc1I)C(=O)O[P+](C)(C)C. The highest BCUT2D eigenvalue weighted by molar-refractivity contribution is 14.1. The summed E-state index contributed by atoms with van der Waals surface area (Å²) >= 11 is 2.18. The van der Waals surface area contributed by atoms with Gasteiger partial charge in [-0.05, 0) is 41.6 Å². The molecule has 0 unspecified atom stereocenters. The van der Waals surface area contributed by atoms with Crippen LogP contribution in [0.5, 0.6) is 5.75 Å². The lowest BCUT2D eigenvalue weighted by Gasteiger charge is -2.16. The Balaban J connectivity index is 2.64. The van der Waals surface area contributed by atoms with Gasteiger partial charge in [-0.2, -0.15) is 0 Å². The van der Waals surface area contributed by atoms with Crippen LogP contribution in [-0.2, 0) is 9.32 Å². The molecule has 0 amide bonds. The molecule has 0 spiro atoms. The van der Waals surface area contributed by atoms with E-state index in [4.69, 9.17) is 9.26 Å². The highest BCUT2D eigenvalue weighted by atomic mass is 127. The quantitative estimate of drug-likeness (QED) is 0.604. The fraction of sp³-hybridized carbons (Fsp3) is 0.417. The van der Waals surface area contributed by atoms with Gasteiger partial charge in [0.15, 0.2) is 13.6 Å². The molecule has 17 heavy (non-hydrogen) atoms. The van der Waals surface area contributed by atoms with Crippen LogP contribution in [0.1, 0.15) is 6.92 Å². The second kappa shape index (κ2) is 6.01. The zero-order valence-electron chi connectivity index (χ0n) is 10.4. The van der Waals surface area contributed by atoms with E-state index in [2.05, 4.69) is 22.6 Å². The van der Waals surface area contributed by atoms with Crippen molar-refractivity contribution in [2.75, 3.05) is 20.0 Å². The number of carbonyl (C=O) groups excluding carboxylic acids is 1. The second-order valence-electron chi connectivity index (χ2n) is 4.49. The molecule has 1 rings (SSSR count). The Morgan fingerprint density at radius 2 is 1.88 bits per heavy atom. The van der Waals surface area contributed by atoms with Crippen LogP contribution in [0.15, 0.2) is 24.3 Å². The molecular formula is C12H17IO3P+. The van der Waals surface area contributed by atoms with Crippen molar-refractivity contribution in [1.29, 1.82) is 0 Å². The van der Waals surface area contributed by atoms with Gasteiger partial charge in [-0.3, -0.25) is 0 Å².